The molecule has 2 N–H and O–H groups in total. The third-order valence-corrected chi connectivity index (χ3v) is 3.33. The van der Waals surface area contributed by atoms with Gasteiger partial charge in [-0.05, 0) is 59.9 Å². The topological polar surface area (TPSA) is 41.5 Å². The number of methoxy groups -OCH3 is 1. The van der Waals surface area contributed by atoms with Crippen LogP contribution in [-0.4, -0.2) is 25.4 Å². The first kappa shape index (κ1) is 14.5. The zero-order valence-corrected chi connectivity index (χ0v) is 12.0. The zero-order valence-electron chi connectivity index (χ0n) is 10.4. The summed E-state index contributed by atoms with van der Waals surface area (Å²) >= 11 is 3.48. The molecule has 0 aliphatic heterocycles. The number of benzene rings is 1. The standard InChI is InChI=1S/C13H20BrNO2/c1-10(15-7-3-4-8-16)11-5-6-13(17-2)12(14)9-11/h5-6,9-10,15-16H,3-4,7-8H2,1-2H3. The van der Waals surface area contributed by atoms with Crippen molar-refractivity contribution < 1.29 is 9.84 Å². The van der Waals surface area contributed by atoms with E-state index in [1.807, 2.05) is 6.07 Å². The van der Waals surface area contributed by atoms with Gasteiger partial charge in [0.25, 0.3) is 0 Å². The summed E-state index contributed by atoms with van der Waals surface area (Å²) in [5.41, 5.74) is 1.22. The summed E-state index contributed by atoms with van der Waals surface area (Å²) in [5, 5.41) is 12.1. The fourth-order valence-corrected chi connectivity index (χ4v) is 2.18. The van der Waals surface area contributed by atoms with Gasteiger partial charge < -0.3 is 15.2 Å². The largest absolute Gasteiger partial charge is 0.496 e. The van der Waals surface area contributed by atoms with Crippen LogP contribution in [0.25, 0.3) is 0 Å². The molecule has 0 bridgehead atoms. The molecule has 0 aromatic heterocycles. The van der Waals surface area contributed by atoms with E-state index in [4.69, 9.17) is 9.84 Å². The molecule has 1 atom stereocenters. The van der Waals surface area contributed by atoms with Crippen LogP contribution < -0.4 is 10.1 Å². The minimum atomic E-state index is 0.268. The number of halogens is 1. The van der Waals surface area contributed by atoms with Crippen LogP contribution in [-0.2, 0) is 0 Å². The molecule has 17 heavy (non-hydrogen) atoms. The van der Waals surface area contributed by atoms with E-state index in [-0.39, 0.29) is 6.61 Å². The molecule has 96 valence electrons. The molecule has 0 aliphatic carbocycles. The van der Waals surface area contributed by atoms with Crippen LogP contribution in [0.3, 0.4) is 0 Å². The van der Waals surface area contributed by atoms with Gasteiger partial charge in [-0.25, -0.2) is 0 Å². The first-order valence-corrected chi connectivity index (χ1v) is 6.66. The third-order valence-electron chi connectivity index (χ3n) is 2.71. The number of aliphatic hydroxyl groups is 1. The molecule has 1 unspecified atom stereocenters. The van der Waals surface area contributed by atoms with Crippen LogP contribution in [0, 0.1) is 0 Å². The molecule has 0 saturated carbocycles. The van der Waals surface area contributed by atoms with Crippen LogP contribution >= 0.6 is 15.9 Å². The van der Waals surface area contributed by atoms with Crippen LogP contribution in [0.2, 0.25) is 0 Å². The smallest absolute Gasteiger partial charge is 0.133 e. The first-order valence-electron chi connectivity index (χ1n) is 5.86. The second kappa shape index (κ2) is 7.69. The van der Waals surface area contributed by atoms with E-state index in [0.29, 0.717) is 6.04 Å². The van der Waals surface area contributed by atoms with Gasteiger partial charge in [-0.1, -0.05) is 6.07 Å². The van der Waals surface area contributed by atoms with Crippen molar-refractivity contribution in [2.24, 2.45) is 0 Å². The van der Waals surface area contributed by atoms with Gasteiger partial charge in [-0.2, -0.15) is 0 Å². The molecular weight excluding hydrogens is 282 g/mol. The highest BCUT2D eigenvalue weighted by Crippen LogP contribution is 2.27. The molecule has 1 aromatic rings. The van der Waals surface area contributed by atoms with E-state index in [2.05, 4.69) is 40.3 Å². The van der Waals surface area contributed by atoms with Gasteiger partial charge in [-0.3, -0.25) is 0 Å². The van der Waals surface area contributed by atoms with Gasteiger partial charge in [0.05, 0.1) is 11.6 Å². The maximum Gasteiger partial charge on any atom is 0.133 e. The normalized spacial score (nSPS) is 12.5. The summed E-state index contributed by atoms with van der Waals surface area (Å²) in [5.74, 6) is 0.848. The van der Waals surface area contributed by atoms with Crippen molar-refractivity contribution in [2.75, 3.05) is 20.3 Å². The van der Waals surface area contributed by atoms with Gasteiger partial charge in [0.1, 0.15) is 5.75 Å². The minimum Gasteiger partial charge on any atom is -0.496 e. The molecule has 1 aromatic carbocycles. The van der Waals surface area contributed by atoms with Crippen molar-refractivity contribution >= 4 is 15.9 Å². The highest BCUT2D eigenvalue weighted by atomic mass is 79.9. The van der Waals surface area contributed by atoms with Gasteiger partial charge >= 0.3 is 0 Å². The van der Waals surface area contributed by atoms with Crippen molar-refractivity contribution in [1.82, 2.24) is 5.32 Å². The first-order chi connectivity index (χ1) is 8.19. The summed E-state index contributed by atoms with van der Waals surface area (Å²) in [6.45, 7) is 3.32. The SMILES string of the molecule is COc1ccc(C(C)NCCCCO)cc1Br. The Labute approximate surface area is 111 Å². The molecule has 4 heteroatoms. The Balaban J connectivity index is 2.51. The quantitative estimate of drug-likeness (QED) is 0.761. The molecule has 0 amide bonds. The molecule has 0 heterocycles. The van der Waals surface area contributed by atoms with Gasteiger partial charge in [0.15, 0.2) is 0 Å². The zero-order chi connectivity index (χ0) is 12.7. The average Bonchev–Trinajstić information content (AvgIpc) is 2.34. The lowest BCUT2D eigenvalue weighted by atomic mass is 10.1. The van der Waals surface area contributed by atoms with E-state index in [1.165, 1.54) is 5.56 Å². The highest BCUT2D eigenvalue weighted by Gasteiger charge is 2.07. The Bertz CT molecular complexity index is 344. The van der Waals surface area contributed by atoms with Crippen LogP contribution in [0.1, 0.15) is 31.4 Å². The Morgan fingerprint density at radius 1 is 1.41 bits per heavy atom. The van der Waals surface area contributed by atoms with Gasteiger partial charge in [-0.15, -0.1) is 0 Å². The summed E-state index contributed by atoms with van der Waals surface area (Å²) in [7, 11) is 1.66. The number of unbranched alkanes of at least 4 members (excludes halogenated alkanes) is 1. The van der Waals surface area contributed by atoms with Crippen LogP contribution in [0.5, 0.6) is 5.75 Å². The lowest BCUT2D eigenvalue weighted by molar-refractivity contribution is 0.283. The second-order valence-electron chi connectivity index (χ2n) is 4.00. The highest BCUT2D eigenvalue weighted by molar-refractivity contribution is 9.10. The van der Waals surface area contributed by atoms with E-state index >= 15 is 0 Å². The molecule has 0 spiro atoms. The van der Waals surface area contributed by atoms with Crippen molar-refractivity contribution in [1.29, 1.82) is 0 Å². The van der Waals surface area contributed by atoms with Crippen molar-refractivity contribution in [2.45, 2.75) is 25.8 Å². The molecule has 0 radical (unpaired) electrons. The van der Waals surface area contributed by atoms with E-state index in [1.54, 1.807) is 7.11 Å². The van der Waals surface area contributed by atoms with Crippen molar-refractivity contribution in [3.63, 3.8) is 0 Å². The van der Waals surface area contributed by atoms with E-state index < -0.39 is 0 Å². The van der Waals surface area contributed by atoms with Gasteiger partial charge in [0.2, 0.25) is 0 Å². The van der Waals surface area contributed by atoms with E-state index in [0.717, 1.165) is 29.6 Å². The number of hydrogen-bond acceptors (Lipinski definition) is 3. The fraction of sp³-hybridized carbons (Fsp3) is 0.538. The Morgan fingerprint density at radius 2 is 2.18 bits per heavy atom. The minimum absolute atomic E-state index is 0.268. The predicted molar refractivity (Wildman–Crippen MR) is 73.4 cm³/mol. The lowest BCUT2D eigenvalue weighted by Crippen LogP contribution is -2.20. The lowest BCUT2D eigenvalue weighted by Gasteiger charge is -2.15. The summed E-state index contributed by atoms with van der Waals surface area (Å²) in [4.78, 5) is 0. The average molecular weight is 302 g/mol. The number of rotatable bonds is 7. The Morgan fingerprint density at radius 3 is 2.76 bits per heavy atom. The number of ether oxygens (including phenoxy) is 1. The second-order valence-corrected chi connectivity index (χ2v) is 4.85. The molecule has 3 nitrogen and oxygen atoms in total. The molecule has 0 aliphatic rings. The maximum atomic E-state index is 8.69. The Hall–Kier alpha value is -0.580. The monoisotopic (exact) mass is 301 g/mol. The van der Waals surface area contributed by atoms with Gasteiger partial charge in [0, 0.05) is 12.6 Å². The summed E-state index contributed by atoms with van der Waals surface area (Å²) in [6.07, 6.45) is 1.85. The Kier molecular flexibility index (Phi) is 6.55. The summed E-state index contributed by atoms with van der Waals surface area (Å²) in [6, 6.07) is 6.40. The molecule has 0 fully saturated rings. The summed E-state index contributed by atoms with van der Waals surface area (Å²) < 4.78 is 6.17. The van der Waals surface area contributed by atoms with Crippen LogP contribution in [0.4, 0.5) is 0 Å². The molecule has 1 rings (SSSR count). The number of hydrogen-bond donors (Lipinski definition) is 2. The van der Waals surface area contributed by atoms with Crippen LogP contribution in [0.15, 0.2) is 22.7 Å². The third kappa shape index (κ3) is 4.66. The number of nitrogens with one attached hydrogen (secondary N) is 1. The fourth-order valence-electron chi connectivity index (χ4n) is 1.63. The molecular formula is C13H20BrNO2. The molecule has 0 saturated heterocycles. The number of aliphatic hydroxyl groups excluding tert-OH is 1. The van der Waals surface area contributed by atoms with Crippen molar-refractivity contribution in [3.8, 4) is 5.75 Å². The maximum absolute atomic E-state index is 8.69. The van der Waals surface area contributed by atoms with E-state index in [9.17, 15) is 0 Å². The van der Waals surface area contributed by atoms with Crippen molar-refractivity contribution in [3.05, 3.63) is 28.2 Å². The predicted octanol–water partition coefficient (Wildman–Crippen LogP) is 2.88.